The molecule has 1 aliphatic rings. The van der Waals surface area contributed by atoms with Gasteiger partial charge in [0.1, 0.15) is 0 Å². The Morgan fingerprint density at radius 2 is 1.65 bits per heavy atom. The molecule has 0 fully saturated rings. The van der Waals surface area contributed by atoms with Gasteiger partial charge in [0, 0.05) is 12.5 Å². The first-order valence-corrected chi connectivity index (χ1v) is 7.68. The smallest absolute Gasteiger partial charge is 0.258 e. The fourth-order valence-corrected chi connectivity index (χ4v) is 3.62. The topological polar surface area (TPSA) is 43.1 Å². The lowest BCUT2D eigenvalue weighted by Gasteiger charge is -2.11. The molecule has 3 aromatic rings. The summed E-state index contributed by atoms with van der Waals surface area (Å²) in [7, 11) is 0. The number of hydrogen-bond donors (Lipinski definition) is 0. The summed E-state index contributed by atoms with van der Waals surface area (Å²) in [6.45, 7) is 0. The highest BCUT2D eigenvalue weighted by molar-refractivity contribution is 6.35. The van der Waals surface area contributed by atoms with E-state index in [4.69, 9.17) is 11.6 Å². The molecule has 0 amide bonds. The van der Waals surface area contributed by atoms with Crippen LogP contribution in [0.15, 0.2) is 60.7 Å². The van der Waals surface area contributed by atoms with Gasteiger partial charge >= 0.3 is 0 Å². The normalized spacial score (nSPS) is 11.9. The predicted molar refractivity (Wildman–Crippen MR) is 91.8 cm³/mol. The Kier molecular flexibility index (Phi) is 3.17. The number of benzene rings is 3. The summed E-state index contributed by atoms with van der Waals surface area (Å²) in [5, 5.41) is 12.1. The maximum atomic E-state index is 11.6. The molecule has 4 rings (SSSR count). The third kappa shape index (κ3) is 2.13. The van der Waals surface area contributed by atoms with Crippen molar-refractivity contribution in [2.24, 2.45) is 0 Å². The number of rotatable bonds is 2. The van der Waals surface area contributed by atoms with Gasteiger partial charge in [-0.25, -0.2) is 0 Å². The molecular formula is C19H12ClNO2. The molecule has 0 aliphatic heterocycles. The van der Waals surface area contributed by atoms with Gasteiger partial charge in [-0.3, -0.25) is 10.1 Å². The van der Waals surface area contributed by atoms with Crippen molar-refractivity contribution in [2.75, 3.05) is 0 Å². The molecule has 0 aromatic heterocycles. The maximum absolute atomic E-state index is 11.6. The fourth-order valence-electron chi connectivity index (χ4n) is 3.24. The molecule has 0 spiro atoms. The molecule has 0 saturated carbocycles. The van der Waals surface area contributed by atoms with Gasteiger partial charge < -0.3 is 0 Å². The van der Waals surface area contributed by atoms with Crippen molar-refractivity contribution < 1.29 is 4.92 Å². The number of halogens is 1. The monoisotopic (exact) mass is 321 g/mol. The number of fused-ring (bicyclic) bond motifs is 3. The minimum atomic E-state index is -0.352. The van der Waals surface area contributed by atoms with Crippen molar-refractivity contribution >= 4 is 17.3 Å². The van der Waals surface area contributed by atoms with Crippen LogP contribution in [0.3, 0.4) is 0 Å². The van der Waals surface area contributed by atoms with Crippen LogP contribution in [0.4, 0.5) is 5.69 Å². The minimum absolute atomic E-state index is 0.0525. The van der Waals surface area contributed by atoms with Crippen LogP contribution in [0.2, 0.25) is 5.02 Å². The quantitative estimate of drug-likeness (QED) is 0.362. The second-order valence-corrected chi connectivity index (χ2v) is 5.95. The van der Waals surface area contributed by atoms with Crippen molar-refractivity contribution in [2.45, 2.75) is 6.42 Å². The Labute approximate surface area is 138 Å². The Hall–Kier alpha value is -2.65. The number of nitrogens with zero attached hydrogens (tertiary/aromatic N) is 1. The zero-order valence-corrected chi connectivity index (χ0v) is 12.9. The van der Waals surface area contributed by atoms with Gasteiger partial charge in [0.05, 0.1) is 15.5 Å². The van der Waals surface area contributed by atoms with Crippen molar-refractivity contribution in [1.82, 2.24) is 0 Å². The van der Waals surface area contributed by atoms with Crippen molar-refractivity contribution in [3.63, 3.8) is 0 Å². The van der Waals surface area contributed by atoms with Gasteiger partial charge in [-0.1, -0.05) is 66.2 Å². The third-order valence-electron chi connectivity index (χ3n) is 4.28. The van der Waals surface area contributed by atoms with E-state index < -0.39 is 0 Å². The van der Waals surface area contributed by atoms with E-state index in [1.165, 1.54) is 0 Å². The van der Waals surface area contributed by atoms with Crippen molar-refractivity contribution in [3.05, 3.63) is 86.9 Å². The molecule has 0 N–H and O–H groups in total. The number of hydrogen-bond acceptors (Lipinski definition) is 2. The molecule has 3 aromatic carbocycles. The van der Waals surface area contributed by atoms with Gasteiger partial charge in [-0.2, -0.15) is 0 Å². The lowest BCUT2D eigenvalue weighted by molar-refractivity contribution is -0.384. The molecule has 0 atom stereocenters. The Bertz CT molecular complexity index is 936. The summed E-state index contributed by atoms with van der Waals surface area (Å²) in [5.74, 6) is 0. The van der Waals surface area contributed by atoms with Crippen LogP contribution in [-0.4, -0.2) is 4.92 Å². The first-order valence-electron chi connectivity index (χ1n) is 7.30. The van der Waals surface area contributed by atoms with Gasteiger partial charge in [0.25, 0.3) is 5.69 Å². The molecule has 1 aliphatic carbocycles. The molecule has 4 heteroatoms. The van der Waals surface area contributed by atoms with Crippen LogP contribution in [0.1, 0.15) is 11.1 Å². The van der Waals surface area contributed by atoms with Crippen molar-refractivity contribution in [3.8, 4) is 22.3 Å². The van der Waals surface area contributed by atoms with Crippen LogP contribution >= 0.6 is 11.6 Å². The van der Waals surface area contributed by atoms with Crippen LogP contribution in [0, 0.1) is 10.1 Å². The van der Waals surface area contributed by atoms with Crippen molar-refractivity contribution in [1.29, 1.82) is 0 Å². The third-order valence-corrected chi connectivity index (χ3v) is 4.70. The van der Waals surface area contributed by atoms with E-state index in [2.05, 4.69) is 0 Å². The molecule has 23 heavy (non-hydrogen) atoms. The summed E-state index contributed by atoms with van der Waals surface area (Å²) < 4.78 is 0. The number of nitro benzene ring substituents is 1. The number of nitro groups is 1. The van der Waals surface area contributed by atoms with E-state index in [1.54, 1.807) is 6.07 Å². The summed E-state index contributed by atoms with van der Waals surface area (Å²) in [5.41, 5.74) is 5.36. The summed E-state index contributed by atoms with van der Waals surface area (Å²) >= 11 is 6.62. The molecule has 3 nitrogen and oxygen atoms in total. The average Bonchev–Trinajstić information content (AvgIpc) is 2.95. The second-order valence-electron chi connectivity index (χ2n) is 5.57. The zero-order valence-electron chi connectivity index (χ0n) is 12.1. The summed E-state index contributed by atoms with van der Waals surface area (Å²) in [4.78, 5) is 11.3. The second kappa shape index (κ2) is 5.21. The van der Waals surface area contributed by atoms with Crippen LogP contribution in [0.5, 0.6) is 0 Å². The molecule has 0 radical (unpaired) electrons. The molecular weight excluding hydrogens is 310 g/mol. The van der Waals surface area contributed by atoms with E-state index in [1.807, 2.05) is 54.6 Å². The highest BCUT2D eigenvalue weighted by Crippen LogP contribution is 2.48. The van der Waals surface area contributed by atoms with Crippen LogP contribution < -0.4 is 0 Å². The first-order chi connectivity index (χ1) is 11.2. The lowest BCUT2D eigenvalue weighted by Crippen LogP contribution is -1.96. The fraction of sp³-hybridized carbons (Fsp3) is 0.0526. The molecule has 0 heterocycles. The van der Waals surface area contributed by atoms with Gasteiger partial charge in [-0.05, 0) is 27.8 Å². The molecule has 112 valence electrons. The maximum Gasteiger partial charge on any atom is 0.279 e. The van der Waals surface area contributed by atoms with Crippen LogP contribution in [0.25, 0.3) is 22.3 Å². The van der Waals surface area contributed by atoms with E-state index in [-0.39, 0.29) is 10.6 Å². The molecule has 0 bridgehead atoms. The molecule has 0 saturated heterocycles. The van der Waals surface area contributed by atoms with E-state index >= 15 is 0 Å². The van der Waals surface area contributed by atoms with E-state index in [0.717, 1.165) is 27.8 Å². The molecule has 0 unspecified atom stereocenters. The Morgan fingerprint density at radius 1 is 0.957 bits per heavy atom. The van der Waals surface area contributed by atoms with Crippen LogP contribution in [-0.2, 0) is 6.42 Å². The van der Waals surface area contributed by atoms with Gasteiger partial charge in [0.2, 0.25) is 0 Å². The first kappa shape index (κ1) is 14.0. The van der Waals surface area contributed by atoms with E-state index in [0.29, 0.717) is 17.0 Å². The zero-order chi connectivity index (χ0) is 16.0. The largest absolute Gasteiger partial charge is 0.279 e. The van der Waals surface area contributed by atoms with E-state index in [9.17, 15) is 10.1 Å². The SMILES string of the molecule is O=[N+]([O-])c1cc2c(c(Cl)c1-c1ccccc1)Cc1ccccc1-2. The highest BCUT2D eigenvalue weighted by atomic mass is 35.5. The summed E-state index contributed by atoms with van der Waals surface area (Å²) in [6.07, 6.45) is 0.710. The van der Waals surface area contributed by atoms with Gasteiger partial charge in [-0.15, -0.1) is 0 Å². The minimum Gasteiger partial charge on any atom is -0.258 e. The standard InChI is InChI=1S/C19H12ClNO2/c20-19-16-10-13-8-4-5-9-14(13)15(16)11-17(21(22)23)18(19)12-6-2-1-3-7-12/h1-9,11H,10H2. The van der Waals surface area contributed by atoms with Gasteiger partial charge in [0.15, 0.2) is 0 Å². The Balaban J connectivity index is 2.04. The Morgan fingerprint density at radius 3 is 2.39 bits per heavy atom. The highest BCUT2D eigenvalue weighted by Gasteiger charge is 2.29. The summed E-state index contributed by atoms with van der Waals surface area (Å²) in [6, 6.07) is 18.9. The lowest BCUT2D eigenvalue weighted by atomic mass is 9.97. The predicted octanol–water partition coefficient (Wildman–Crippen LogP) is 5.49. The average molecular weight is 322 g/mol.